The van der Waals surface area contributed by atoms with Crippen molar-refractivity contribution in [1.82, 2.24) is 19.9 Å². The van der Waals surface area contributed by atoms with Gasteiger partial charge in [0.2, 0.25) is 5.60 Å². The van der Waals surface area contributed by atoms with E-state index in [2.05, 4.69) is 15.2 Å². The number of thiophene rings is 2. The molecule has 1 aliphatic heterocycles. The molecular weight excluding hydrogens is 508 g/mol. The minimum absolute atomic E-state index is 0.170. The molecule has 2 fully saturated rings. The molecule has 0 amide bonds. The van der Waals surface area contributed by atoms with Crippen LogP contribution in [0.4, 0.5) is 0 Å². The smallest absolute Gasteiger partial charge is 0.349 e. The van der Waals surface area contributed by atoms with E-state index < -0.39 is 11.6 Å². The number of aromatic nitrogens is 3. The van der Waals surface area contributed by atoms with Crippen molar-refractivity contribution < 1.29 is 19.4 Å². The summed E-state index contributed by atoms with van der Waals surface area (Å²) >= 11 is 2.73. The molecule has 2 aliphatic rings. The number of esters is 1. The SMILES string of the molecule is O=Cc1ccc2c(c1)nnn2CCN1CC2(CCC(OC(=O)C(O)(c3cccs3)c3cccs3)CC2)C1. The summed E-state index contributed by atoms with van der Waals surface area (Å²) in [4.78, 5) is 27.9. The van der Waals surface area contributed by atoms with E-state index in [0.29, 0.717) is 15.3 Å². The molecule has 192 valence electrons. The van der Waals surface area contributed by atoms with Gasteiger partial charge < -0.3 is 14.7 Å². The van der Waals surface area contributed by atoms with Crippen molar-refractivity contribution >= 4 is 46.0 Å². The molecule has 3 aromatic heterocycles. The number of carbonyl (C=O) groups is 2. The number of hydrogen-bond acceptors (Lipinski definition) is 9. The summed E-state index contributed by atoms with van der Waals surface area (Å²) in [5.41, 5.74) is 0.818. The Bertz CT molecular complexity index is 1350. The lowest BCUT2D eigenvalue weighted by molar-refractivity contribution is -0.171. The van der Waals surface area contributed by atoms with Crippen LogP contribution in [-0.4, -0.2) is 63.0 Å². The van der Waals surface area contributed by atoms with Crippen molar-refractivity contribution in [2.45, 2.75) is 43.9 Å². The number of nitrogens with zero attached hydrogens (tertiary/aromatic N) is 4. The lowest BCUT2D eigenvalue weighted by Gasteiger charge is -2.53. The summed E-state index contributed by atoms with van der Waals surface area (Å²) < 4.78 is 7.81. The lowest BCUT2D eigenvalue weighted by Crippen LogP contribution is -2.58. The van der Waals surface area contributed by atoms with Gasteiger partial charge in [-0.1, -0.05) is 17.3 Å². The fraction of sp³-hybridized carbons (Fsp3) is 0.407. The van der Waals surface area contributed by atoms with E-state index in [1.807, 2.05) is 33.6 Å². The molecule has 1 spiro atoms. The minimum atomic E-state index is -1.74. The second kappa shape index (κ2) is 9.75. The summed E-state index contributed by atoms with van der Waals surface area (Å²) in [6.07, 6.45) is 4.31. The van der Waals surface area contributed by atoms with Gasteiger partial charge in [0.25, 0.3) is 0 Å². The van der Waals surface area contributed by atoms with Gasteiger partial charge in [0.1, 0.15) is 17.9 Å². The van der Waals surface area contributed by atoms with Crippen molar-refractivity contribution in [1.29, 1.82) is 0 Å². The van der Waals surface area contributed by atoms with E-state index in [-0.39, 0.29) is 11.5 Å². The standard InChI is InChI=1S/C27H28N4O4S2/c32-16-19-5-6-22-21(15-19)28-29-31(22)12-11-30-17-26(18-30)9-7-20(8-10-26)35-25(33)27(34,23-3-1-13-36-23)24-4-2-14-37-24/h1-6,13-16,20,34H,7-12,17-18H2. The largest absolute Gasteiger partial charge is 0.460 e. The quantitative estimate of drug-likeness (QED) is 0.268. The number of carbonyl (C=O) groups excluding carboxylic acids is 2. The van der Waals surface area contributed by atoms with Crippen molar-refractivity contribution in [3.8, 4) is 0 Å². The molecule has 1 saturated carbocycles. The summed E-state index contributed by atoms with van der Waals surface area (Å²) in [5.74, 6) is -0.575. The maximum absolute atomic E-state index is 13.3. The third-order valence-corrected chi connectivity index (χ3v) is 9.70. The van der Waals surface area contributed by atoms with E-state index in [1.165, 1.54) is 22.7 Å². The summed E-state index contributed by atoms with van der Waals surface area (Å²) in [7, 11) is 0. The van der Waals surface area contributed by atoms with E-state index in [1.54, 1.807) is 24.3 Å². The van der Waals surface area contributed by atoms with Crippen molar-refractivity contribution in [2.24, 2.45) is 5.41 Å². The average Bonchev–Trinajstić information content (AvgIpc) is 3.69. The first kappa shape index (κ1) is 24.4. The number of aldehydes is 1. The molecule has 0 unspecified atom stereocenters. The fourth-order valence-electron chi connectivity index (χ4n) is 5.69. The van der Waals surface area contributed by atoms with Crippen LogP contribution < -0.4 is 0 Å². The van der Waals surface area contributed by atoms with Crippen LogP contribution >= 0.6 is 22.7 Å². The van der Waals surface area contributed by atoms with Gasteiger partial charge in [-0.3, -0.25) is 4.79 Å². The molecule has 0 bridgehead atoms. The maximum atomic E-state index is 13.3. The first-order valence-corrected chi connectivity index (χ1v) is 14.3. The molecule has 10 heteroatoms. The van der Waals surface area contributed by atoms with Crippen molar-refractivity contribution in [3.63, 3.8) is 0 Å². The Hall–Kier alpha value is -2.92. The highest BCUT2D eigenvalue weighted by Crippen LogP contribution is 2.45. The number of rotatable bonds is 8. The highest BCUT2D eigenvalue weighted by Gasteiger charge is 2.48. The lowest BCUT2D eigenvalue weighted by atomic mass is 9.68. The number of benzene rings is 1. The van der Waals surface area contributed by atoms with Gasteiger partial charge in [-0.05, 0) is 72.2 Å². The highest BCUT2D eigenvalue weighted by molar-refractivity contribution is 7.12. The molecule has 1 saturated heterocycles. The van der Waals surface area contributed by atoms with Gasteiger partial charge in [0, 0.05) is 25.2 Å². The first-order valence-electron chi connectivity index (χ1n) is 12.5. The molecule has 1 N–H and O–H groups in total. The number of ether oxygens (including phenoxy) is 1. The Labute approximate surface area is 222 Å². The number of hydrogen-bond donors (Lipinski definition) is 1. The predicted molar refractivity (Wildman–Crippen MR) is 142 cm³/mol. The summed E-state index contributed by atoms with van der Waals surface area (Å²) in [5, 5.41) is 23.6. The van der Waals surface area contributed by atoms with Gasteiger partial charge >= 0.3 is 5.97 Å². The van der Waals surface area contributed by atoms with E-state index in [4.69, 9.17) is 4.74 Å². The minimum Gasteiger partial charge on any atom is -0.460 e. The molecule has 37 heavy (non-hydrogen) atoms. The molecule has 4 aromatic rings. The van der Waals surface area contributed by atoms with Gasteiger partial charge in [0.05, 0.1) is 21.8 Å². The first-order chi connectivity index (χ1) is 18.0. The fourth-order valence-corrected chi connectivity index (χ4v) is 7.40. The van der Waals surface area contributed by atoms with E-state index in [0.717, 1.165) is 69.2 Å². The maximum Gasteiger partial charge on any atom is 0.349 e. The van der Waals surface area contributed by atoms with E-state index >= 15 is 0 Å². The number of fused-ring (bicyclic) bond motifs is 1. The molecule has 8 nitrogen and oxygen atoms in total. The van der Waals surface area contributed by atoms with Gasteiger partial charge in [0.15, 0.2) is 0 Å². The summed E-state index contributed by atoms with van der Waals surface area (Å²) in [6, 6.07) is 12.7. The second-order valence-electron chi connectivity index (χ2n) is 10.2. The molecule has 6 rings (SSSR count). The van der Waals surface area contributed by atoms with Gasteiger partial charge in [-0.15, -0.1) is 27.8 Å². The topological polar surface area (TPSA) is 97.5 Å². The Morgan fingerprint density at radius 1 is 1.11 bits per heavy atom. The zero-order chi connectivity index (χ0) is 25.5. The molecule has 4 heterocycles. The number of likely N-dealkylation sites (tertiary alicyclic amines) is 1. The van der Waals surface area contributed by atoms with Crippen LogP contribution in [0, 0.1) is 5.41 Å². The Morgan fingerprint density at radius 2 is 1.81 bits per heavy atom. The summed E-state index contributed by atoms with van der Waals surface area (Å²) in [6.45, 7) is 3.70. The normalized spacial score (nSPS) is 18.2. The van der Waals surface area contributed by atoms with Crippen LogP contribution in [0.2, 0.25) is 0 Å². The van der Waals surface area contributed by atoms with Crippen molar-refractivity contribution in [3.05, 3.63) is 68.5 Å². The van der Waals surface area contributed by atoms with Crippen LogP contribution in [-0.2, 0) is 21.7 Å². The van der Waals surface area contributed by atoms with Gasteiger partial charge in [-0.2, -0.15) is 0 Å². The molecule has 0 atom stereocenters. The highest BCUT2D eigenvalue weighted by atomic mass is 32.1. The van der Waals surface area contributed by atoms with Gasteiger partial charge in [-0.25, -0.2) is 9.48 Å². The molecule has 0 radical (unpaired) electrons. The zero-order valence-corrected chi connectivity index (χ0v) is 21.9. The monoisotopic (exact) mass is 536 g/mol. The second-order valence-corrected chi connectivity index (χ2v) is 12.1. The van der Waals surface area contributed by atoms with Crippen LogP contribution in [0.5, 0.6) is 0 Å². The third kappa shape index (κ3) is 4.52. The van der Waals surface area contributed by atoms with Crippen LogP contribution in [0.1, 0.15) is 45.8 Å². The van der Waals surface area contributed by atoms with Crippen LogP contribution in [0.15, 0.2) is 53.2 Å². The van der Waals surface area contributed by atoms with Crippen molar-refractivity contribution in [2.75, 3.05) is 19.6 Å². The molecule has 1 aliphatic carbocycles. The van der Waals surface area contributed by atoms with E-state index in [9.17, 15) is 14.7 Å². The molecule has 1 aromatic carbocycles. The van der Waals surface area contributed by atoms with Crippen LogP contribution in [0.25, 0.3) is 11.0 Å². The third-order valence-electron chi connectivity index (χ3n) is 7.74. The Balaban J connectivity index is 1.01. The molecular formula is C27H28N4O4S2. The predicted octanol–water partition coefficient (Wildman–Crippen LogP) is 4.09. The Kier molecular flexibility index (Phi) is 6.44. The number of aliphatic hydroxyl groups is 1. The Morgan fingerprint density at radius 3 is 2.43 bits per heavy atom. The van der Waals surface area contributed by atoms with Crippen LogP contribution in [0.3, 0.4) is 0 Å². The average molecular weight is 537 g/mol. The zero-order valence-electron chi connectivity index (χ0n) is 20.3.